The Bertz CT molecular complexity index is 277. The molecule has 1 rings (SSSR count). The smallest absolute Gasteiger partial charge is 0.335 e. The fourth-order valence-electron chi connectivity index (χ4n) is 0.581. The van der Waals surface area contributed by atoms with Crippen LogP contribution in [-0.2, 0) is 4.79 Å². The zero-order valence-corrected chi connectivity index (χ0v) is 11.1. The molecule has 0 fully saturated rings. The van der Waals surface area contributed by atoms with E-state index < -0.39 is 11.9 Å². The minimum Gasteiger partial charge on any atom is -0.481 e. The quantitative estimate of drug-likeness (QED) is 0.790. The molecule has 1 aromatic rings. The Balaban J connectivity index is -0.000000208. The van der Waals surface area contributed by atoms with E-state index in [0.717, 1.165) is 6.92 Å². The highest BCUT2D eigenvalue weighted by molar-refractivity contribution is 5.87. The Hall–Kier alpha value is -1.84. The zero-order chi connectivity index (χ0) is 14.3. The normalized spacial score (nSPS) is 6.88. The predicted molar refractivity (Wildman–Crippen MR) is 69.4 cm³/mol. The SMILES string of the molecule is CC.CC.CC(=O)O.O=C(O)c1ccccc1. The highest BCUT2D eigenvalue weighted by Crippen LogP contribution is 1.96. The Morgan fingerprint density at radius 1 is 0.882 bits per heavy atom. The van der Waals surface area contributed by atoms with Gasteiger partial charge in [-0.2, -0.15) is 0 Å². The molecule has 98 valence electrons. The van der Waals surface area contributed by atoms with Crippen LogP contribution in [0.3, 0.4) is 0 Å². The Morgan fingerprint density at radius 3 is 1.35 bits per heavy atom. The molecule has 4 heteroatoms. The molecule has 0 saturated carbocycles. The summed E-state index contributed by atoms with van der Waals surface area (Å²) in [5.74, 6) is -1.71. The number of carboxylic acids is 2. The first-order valence-corrected chi connectivity index (χ1v) is 5.52. The van der Waals surface area contributed by atoms with Crippen LogP contribution in [0.5, 0.6) is 0 Å². The molecule has 4 nitrogen and oxygen atoms in total. The summed E-state index contributed by atoms with van der Waals surface area (Å²) in [6, 6.07) is 8.30. The van der Waals surface area contributed by atoms with Gasteiger partial charge < -0.3 is 10.2 Å². The van der Waals surface area contributed by atoms with Crippen LogP contribution < -0.4 is 0 Å². The third kappa shape index (κ3) is 20.3. The van der Waals surface area contributed by atoms with Crippen LogP contribution in [0.15, 0.2) is 30.3 Å². The molecule has 0 unspecified atom stereocenters. The lowest BCUT2D eigenvalue weighted by atomic mass is 10.2. The molecule has 0 atom stereocenters. The summed E-state index contributed by atoms with van der Waals surface area (Å²) in [5, 5.41) is 15.8. The topological polar surface area (TPSA) is 74.6 Å². The van der Waals surface area contributed by atoms with E-state index in [9.17, 15) is 4.79 Å². The largest absolute Gasteiger partial charge is 0.481 e. The average molecular weight is 242 g/mol. The Labute approximate surface area is 103 Å². The lowest BCUT2D eigenvalue weighted by Crippen LogP contribution is -1.93. The average Bonchev–Trinajstić information content (AvgIpc) is 2.34. The third-order valence-electron chi connectivity index (χ3n) is 1.02. The summed E-state index contributed by atoms with van der Waals surface area (Å²) in [4.78, 5) is 19.2. The number of rotatable bonds is 1. The van der Waals surface area contributed by atoms with E-state index in [1.807, 2.05) is 27.7 Å². The summed E-state index contributed by atoms with van der Waals surface area (Å²) in [6.45, 7) is 9.08. The van der Waals surface area contributed by atoms with Crippen molar-refractivity contribution in [1.82, 2.24) is 0 Å². The van der Waals surface area contributed by atoms with Crippen molar-refractivity contribution in [2.45, 2.75) is 34.6 Å². The van der Waals surface area contributed by atoms with Gasteiger partial charge in [0.15, 0.2) is 0 Å². The van der Waals surface area contributed by atoms with Gasteiger partial charge in [-0.25, -0.2) is 4.79 Å². The minimum atomic E-state index is -0.879. The predicted octanol–water partition coefficient (Wildman–Crippen LogP) is 3.53. The number of carbonyl (C=O) groups is 2. The van der Waals surface area contributed by atoms with Gasteiger partial charge in [0.1, 0.15) is 0 Å². The van der Waals surface area contributed by atoms with Crippen LogP contribution in [0.2, 0.25) is 0 Å². The van der Waals surface area contributed by atoms with Crippen LogP contribution in [0.4, 0.5) is 0 Å². The van der Waals surface area contributed by atoms with E-state index in [2.05, 4.69) is 0 Å². The number of hydrogen-bond acceptors (Lipinski definition) is 2. The van der Waals surface area contributed by atoms with Crippen LogP contribution in [-0.4, -0.2) is 22.2 Å². The maximum absolute atomic E-state index is 10.2. The summed E-state index contributed by atoms with van der Waals surface area (Å²) in [5.41, 5.74) is 0.331. The molecule has 0 heterocycles. The van der Waals surface area contributed by atoms with Gasteiger partial charge in [0.05, 0.1) is 5.56 Å². The van der Waals surface area contributed by atoms with Crippen molar-refractivity contribution in [3.63, 3.8) is 0 Å². The molecule has 0 amide bonds. The molecule has 0 aliphatic rings. The van der Waals surface area contributed by atoms with Crippen molar-refractivity contribution < 1.29 is 19.8 Å². The second-order valence-corrected chi connectivity index (χ2v) is 2.19. The molecule has 17 heavy (non-hydrogen) atoms. The van der Waals surface area contributed by atoms with E-state index >= 15 is 0 Å². The molecule has 0 saturated heterocycles. The molecule has 0 bridgehead atoms. The van der Waals surface area contributed by atoms with Crippen LogP contribution >= 0.6 is 0 Å². The van der Waals surface area contributed by atoms with Gasteiger partial charge >= 0.3 is 5.97 Å². The molecule has 0 aliphatic carbocycles. The second-order valence-electron chi connectivity index (χ2n) is 2.19. The maximum atomic E-state index is 10.2. The van der Waals surface area contributed by atoms with Gasteiger partial charge in [0.25, 0.3) is 5.97 Å². The van der Waals surface area contributed by atoms with Gasteiger partial charge in [-0.3, -0.25) is 4.79 Å². The van der Waals surface area contributed by atoms with Gasteiger partial charge in [0, 0.05) is 6.92 Å². The van der Waals surface area contributed by atoms with Gasteiger partial charge in [-0.1, -0.05) is 45.9 Å². The maximum Gasteiger partial charge on any atom is 0.335 e. The summed E-state index contributed by atoms with van der Waals surface area (Å²) in [7, 11) is 0. The third-order valence-corrected chi connectivity index (χ3v) is 1.02. The van der Waals surface area contributed by atoms with Crippen molar-refractivity contribution in [2.24, 2.45) is 0 Å². The number of aliphatic carboxylic acids is 1. The van der Waals surface area contributed by atoms with E-state index in [1.54, 1.807) is 30.3 Å². The fourth-order valence-corrected chi connectivity index (χ4v) is 0.581. The number of benzene rings is 1. The van der Waals surface area contributed by atoms with Crippen molar-refractivity contribution >= 4 is 11.9 Å². The number of aromatic carboxylic acids is 1. The van der Waals surface area contributed by atoms with Crippen LogP contribution in [0, 0.1) is 0 Å². The molecule has 0 aromatic heterocycles. The first-order valence-electron chi connectivity index (χ1n) is 5.52. The lowest BCUT2D eigenvalue weighted by Gasteiger charge is -1.88. The van der Waals surface area contributed by atoms with E-state index in [1.165, 1.54) is 0 Å². The molecule has 0 radical (unpaired) electrons. The van der Waals surface area contributed by atoms with E-state index in [4.69, 9.17) is 15.0 Å². The zero-order valence-electron chi connectivity index (χ0n) is 11.1. The van der Waals surface area contributed by atoms with E-state index in [-0.39, 0.29) is 0 Å². The molecule has 1 aromatic carbocycles. The highest BCUT2D eigenvalue weighted by atomic mass is 16.4. The van der Waals surface area contributed by atoms with Gasteiger partial charge in [-0.15, -0.1) is 0 Å². The molecule has 2 N–H and O–H groups in total. The van der Waals surface area contributed by atoms with Crippen molar-refractivity contribution in [2.75, 3.05) is 0 Å². The molecular weight excluding hydrogens is 220 g/mol. The highest BCUT2D eigenvalue weighted by Gasteiger charge is 1.96. The summed E-state index contributed by atoms with van der Waals surface area (Å²) >= 11 is 0. The molecule has 0 aliphatic heterocycles. The van der Waals surface area contributed by atoms with Crippen molar-refractivity contribution in [3.8, 4) is 0 Å². The van der Waals surface area contributed by atoms with Crippen LogP contribution in [0.25, 0.3) is 0 Å². The van der Waals surface area contributed by atoms with E-state index in [0.29, 0.717) is 5.56 Å². The van der Waals surface area contributed by atoms with Gasteiger partial charge in [-0.05, 0) is 12.1 Å². The molecular formula is C13H22O4. The summed E-state index contributed by atoms with van der Waals surface area (Å²) in [6.07, 6.45) is 0. The Morgan fingerprint density at radius 2 is 1.18 bits per heavy atom. The number of carboxylic acid groups (broad SMARTS) is 2. The first-order chi connectivity index (χ1) is 8.04. The van der Waals surface area contributed by atoms with Crippen molar-refractivity contribution in [3.05, 3.63) is 35.9 Å². The fraction of sp³-hybridized carbons (Fsp3) is 0.385. The first kappa shape index (κ1) is 20.6. The monoisotopic (exact) mass is 242 g/mol. The lowest BCUT2D eigenvalue weighted by molar-refractivity contribution is -0.134. The summed E-state index contributed by atoms with van der Waals surface area (Å²) < 4.78 is 0. The van der Waals surface area contributed by atoms with Crippen molar-refractivity contribution in [1.29, 1.82) is 0 Å². The Kier molecular flexibility index (Phi) is 20.1. The minimum absolute atomic E-state index is 0.331. The van der Waals surface area contributed by atoms with Crippen LogP contribution in [0.1, 0.15) is 45.0 Å². The number of hydrogen-bond donors (Lipinski definition) is 2. The van der Waals surface area contributed by atoms with Gasteiger partial charge in [0.2, 0.25) is 0 Å². The molecule has 0 spiro atoms. The standard InChI is InChI=1S/C7H6O2.C2H4O2.2C2H6/c8-7(9)6-4-2-1-3-5-6;1-2(3)4;2*1-2/h1-5H,(H,8,9);1H3,(H,3,4);2*1-2H3. The second kappa shape index (κ2) is 16.6.